The van der Waals surface area contributed by atoms with Gasteiger partial charge in [-0.1, -0.05) is 52.0 Å². The van der Waals surface area contributed by atoms with Crippen LogP contribution in [0.3, 0.4) is 0 Å². The van der Waals surface area contributed by atoms with Crippen molar-refractivity contribution in [2.24, 2.45) is 11.8 Å². The molecule has 0 fully saturated rings. The fourth-order valence-corrected chi connectivity index (χ4v) is 3.64. The maximum absolute atomic E-state index is 11.8. The van der Waals surface area contributed by atoms with Crippen LogP contribution in [0.5, 0.6) is 0 Å². The quantitative estimate of drug-likeness (QED) is 0.655. The highest BCUT2D eigenvalue weighted by molar-refractivity contribution is 7.89. The first-order valence-corrected chi connectivity index (χ1v) is 10.5. The third-order valence-corrected chi connectivity index (χ3v) is 6.07. The van der Waals surface area contributed by atoms with E-state index in [1.54, 1.807) is 14.1 Å². The van der Waals surface area contributed by atoms with Crippen LogP contribution in [0.2, 0.25) is 0 Å². The molecule has 0 bridgehead atoms. The lowest BCUT2D eigenvalue weighted by molar-refractivity contribution is 0.411. The van der Waals surface area contributed by atoms with Gasteiger partial charge in [-0.15, -0.1) is 0 Å². The van der Waals surface area contributed by atoms with Gasteiger partial charge in [-0.3, -0.25) is 0 Å². The summed E-state index contributed by atoms with van der Waals surface area (Å²) in [7, 11) is 0.0586. The van der Waals surface area contributed by atoms with Crippen molar-refractivity contribution in [2.75, 3.05) is 26.4 Å². The van der Waals surface area contributed by atoms with E-state index in [9.17, 15) is 8.42 Å². The van der Waals surface area contributed by atoms with E-state index in [0.29, 0.717) is 24.8 Å². The van der Waals surface area contributed by atoms with Crippen molar-refractivity contribution >= 4 is 10.0 Å². The van der Waals surface area contributed by atoms with Crippen molar-refractivity contribution < 1.29 is 8.42 Å². The third kappa shape index (κ3) is 6.91. The van der Waals surface area contributed by atoms with Crippen LogP contribution >= 0.6 is 0 Å². The molecule has 0 amide bonds. The first kappa shape index (κ1) is 21.1. The molecule has 138 valence electrons. The second kappa shape index (κ2) is 9.54. The topological polar surface area (TPSA) is 49.4 Å². The van der Waals surface area contributed by atoms with E-state index >= 15 is 0 Å². The highest BCUT2D eigenvalue weighted by atomic mass is 32.2. The molecule has 0 aliphatic rings. The number of rotatable bonds is 10. The first-order chi connectivity index (χ1) is 11.1. The van der Waals surface area contributed by atoms with Gasteiger partial charge in [0.05, 0.1) is 5.75 Å². The smallest absolute Gasteiger partial charge is 0.213 e. The maximum Gasteiger partial charge on any atom is 0.213 e. The minimum Gasteiger partial charge on any atom is -0.310 e. The van der Waals surface area contributed by atoms with Gasteiger partial charge in [0, 0.05) is 20.1 Å². The number of benzene rings is 1. The molecule has 0 heterocycles. The van der Waals surface area contributed by atoms with Crippen LogP contribution in [0, 0.1) is 11.8 Å². The molecule has 1 aromatic carbocycles. The molecule has 0 radical (unpaired) electrons. The average molecular weight is 355 g/mol. The van der Waals surface area contributed by atoms with E-state index in [4.69, 9.17) is 0 Å². The lowest BCUT2D eigenvalue weighted by Gasteiger charge is -2.23. The number of nitrogens with zero attached hydrogens (tertiary/aromatic N) is 1. The Morgan fingerprint density at radius 1 is 1.04 bits per heavy atom. The van der Waals surface area contributed by atoms with Crippen molar-refractivity contribution in [2.45, 2.75) is 46.6 Å². The Kier molecular flexibility index (Phi) is 8.40. The first-order valence-electron chi connectivity index (χ1n) is 8.86. The molecule has 0 aliphatic carbocycles. The Morgan fingerprint density at radius 2 is 1.62 bits per heavy atom. The number of nitrogens with one attached hydrogen (secondary N) is 1. The summed E-state index contributed by atoms with van der Waals surface area (Å²) in [6, 6.07) is 9.07. The molecule has 1 atom stereocenters. The van der Waals surface area contributed by atoms with E-state index in [1.807, 2.05) is 0 Å². The number of sulfonamides is 1. The van der Waals surface area contributed by atoms with Crippen LogP contribution in [-0.2, 0) is 16.4 Å². The Bertz CT molecular complexity index is 578. The van der Waals surface area contributed by atoms with Gasteiger partial charge in [-0.2, -0.15) is 0 Å². The van der Waals surface area contributed by atoms with Crippen molar-refractivity contribution in [3.8, 4) is 0 Å². The van der Waals surface area contributed by atoms with Crippen LogP contribution in [-0.4, -0.2) is 39.1 Å². The van der Waals surface area contributed by atoms with Crippen LogP contribution in [0.1, 0.15) is 51.3 Å². The van der Waals surface area contributed by atoms with Crippen LogP contribution in [0.25, 0.3) is 0 Å². The molecule has 5 heteroatoms. The van der Waals surface area contributed by atoms with Crippen LogP contribution in [0.15, 0.2) is 24.3 Å². The van der Waals surface area contributed by atoms with Crippen molar-refractivity contribution in [3.05, 3.63) is 35.4 Å². The average Bonchev–Trinajstić information content (AvgIpc) is 2.47. The fraction of sp³-hybridized carbons (Fsp3) is 0.684. The molecule has 1 N–H and O–H groups in total. The molecule has 0 saturated carbocycles. The van der Waals surface area contributed by atoms with E-state index in [0.717, 1.165) is 6.42 Å². The van der Waals surface area contributed by atoms with Gasteiger partial charge in [-0.25, -0.2) is 12.7 Å². The van der Waals surface area contributed by atoms with Gasteiger partial charge in [0.25, 0.3) is 0 Å². The minimum absolute atomic E-state index is 0.186. The van der Waals surface area contributed by atoms with Gasteiger partial charge >= 0.3 is 0 Å². The van der Waals surface area contributed by atoms with E-state index in [2.05, 4.69) is 57.3 Å². The summed E-state index contributed by atoms with van der Waals surface area (Å²) < 4.78 is 24.9. The molecule has 1 unspecified atom stereocenters. The molecule has 0 saturated heterocycles. The van der Waals surface area contributed by atoms with Gasteiger partial charge in [0.1, 0.15) is 0 Å². The summed E-state index contributed by atoms with van der Waals surface area (Å²) >= 11 is 0. The normalized spacial score (nSPS) is 13.9. The van der Waals surface area contributed by atoms with Crippen molar-refractivity contribution in [1.82, 2.24) is 9.62 Å². The highest BCUT2D eigenvalue weighted by Gasteiger charge is 2.17. The highest BCUT2D eigenvalue weighted by Crippen LogP contribution is 2.22. The molecule has 1 aromatic rings. The summed E-state index contributed by atoms with van der Waals surface area (Å²) in [5.41, 5.74) is 2.64. The monoisotopic (exact) mass is 354 g/mol. The van der Waals surface area contributed by atoms with Crippen LogP contribution in [0.4, 0.5) is 0 Å². The predicted molar refractivity (Wildman–Crippen MR) is 103 cm³/mol. The standard InChI is InChI=1S/C19H34N2O2S/c1-15(2)14-17-8-10-18(11-9-17)19(16(3)4)20-12-7-13-24(22,23)21(5)6/h8-11,15-16,19-20H,7,12-14H2,1-6H3. The Hall–Kier alpha value is -0.910. The number of hydrogen-bond donors (Lipinski definition) is 1. The lowest BCUT2D eigenvalue weighted by Crippen LogP contribution is -2.30. The Labute approximate surface area is 148 Å². The third-order valence-electron chi connectivity index (χ3n) is 4.15. The zero-order valence-corrected chi connectivity index (χ0v) is 16.9. The molecule has 0 spiro atoms. The van der Waals surface area contributed by atoms with E-state index in [-0.39, 0.29) is 11.8 Å². The number of hydrogen-bond acceptors (Lipinski definition) is 3. The zero-order valence-electron chi connectivity index (χ0n) is 16.0. The molecule has 24 heavy (non-hydrogen) atoms. The summed E-state index contributed by atoms with van der Waals surface area (Å²) in [4.78, 5) is 0. The molecule has 0 aromatic heterocycles. The fourth-order valence-electron chi connectivity index (χ4n) is 2.77. The summed E-state index contributed by atoms with van der Waals surface area (Å²) in [6.45, 7) is 9.54. The van der Waals surface area contributed by atoms with Gasteiger partial charge in [0.2, 0.25) is 10.0 Å². The van der Waals surface area contributed by atoms with Crippen LogP contribution < -0.4 is 5.32 Å². The predicted octanol–water partition coefficient (Wildman–Crippen LogP) is 3.45. The lowest BCUT2D eigenvalue weighted by atomic mass is 9.93. The van der Waals surface area contributed by atoms with Gasteiger partial charge in [-0.05, 0) is 42.3 Å². The van der Waals surface area contributed by atoms with Gasteiger partial charge in [0.15, 0.2) is 0 Å². The summed E-state index contributed by atoms with van der Waals surface area (Å²) in [6.07, 6.45) is 1.72. The van der Waals surface area contributed by atoms with Crippen molar-refractivity contribution in [1.29, 1.82) is 0 Å². The van der Waals surface area contributed by atoms with E-state index in [1.165, 1.54) is 15.4 Å². The minimum atomic E-state index is -3.10. The molecular weight excluding hydrogens is 320 g/mol. The summed E-state index contributed by atoms with van der Waals surface area (Å²) in [5.74, 6) is 1.30. The molecule has 4 nitrogen and oxygen atoms in total. The van der Waals surface area contributed by atoms with Crippen molar-refractivity contribution in [3.63, 3.8) is 0 Å². The second-order valence-corrected chi connectivity index (χ2v) is 9.77. The SMILES string of the molecule is CC(C)Cc1ccc(C(NCCCS(=O)(=O)N(C)C)C(C)C)cc1. The second-order valence-electron chi connectivity index (χ2n) is 7.47. The summed E-state index contributed by atoms with van der Waals surface area (Å²) in [5, 5.41) is 3.52. The molecule has 1 rings (SSSR count). The molecule has 0 aliphatic heterocycles. The largest absolute Gasteiger partial charge is 0.310 e. The maximum atomic E-state index is 11.8. The Morgan fingerprint density at radius 3 is 2.08 bits per heavy atom. The van der Waals surface area contributed by atoms with Gasteiger partial charge < -0.3 is 5.32 Å². The zero-order chi connectivity index (χ0) is 18.3. The Balaban J connectivity index is 2.61. The molecular formula is C19H34N2O2S. The van der Waals surface area contributed by atoms with E-state index < -0.39 is 10.0 Å².